The Morgan fingerprint density at radius 1 is 1.18 bits per heavy atom. The van der Waals surface area contributed by atoms with E-state index in [1.54, 1.807) is 6.07 Å². The molecule has 5 rings (SSSR count). The summed E-state index contributed by atoms with van der Waals surface area (Å²) in [5, 5.41) is 11.1. The first-order valence-corrected chi connectivity index (χ1v) is 11.2. The summed E-state index contributed by atoms with van der Waals surface area (Å²) in [4.78, 5) is 32.3. The van der Waals surface area contributed by atoms with Crippen LogP contribution in [0.25, 0.3) is 10.2 Å². The highest BCUT2D eigenvalue weighted by Crippen LogP contribution is 2.44. The molecule has 4 aromatic rings. The molecule has 1 amide bonds. The smallest absolute Gasteiger partial charge is 0.296 e. The Labute approximate surface area is 192 Å². The monoisotopic (exact) mass is 462 g/mol. The average molecular weight is 463 g/mol. The largest absolute Gasteiger partial charge is 0.503 e. The van der Waals surface area contributed by atoms with Crippen molar-refractivity contribution in [1.82, 2.24) is 4.98 Å². The molecule has 0 radical (unpaired) electrons. The SMILES string of the molecule is CC(C)c1ccc([C@@H]2C(C(=O)c3ccco3)=C(O)C(=O)N2c2nc3ccc(F)cc3s2)cc1. The van der Waals surface area contributed by atoms with Crippen LogP contribution in [0.2, 0.25) is 0 Å². The quantitative estimate of drug-likeness (QED) is 0.372. The predicted molar refractivity (Wildman–Crippen MR) is 123 cm³/mol. The van der Waals surface area contributed by atoms with E-state index >= 15 is 0 Å². The van der Waals surface area contributed by atoms with Gasteiger partial charge in [-0.05, 0) is 47.4 Å². The van der Waals surface area contributed by atoms with Crippen LogP contribution in [0.4, 0.5) is 9.52 Å². The van der Waals surface area contributed by atoms with Gasteiger partial charge in [-0.25, -0.2) is 9.37 Å². The van der Waals surface area contributed by atoms with E-state index < -0.39 is 29.3 Å². The van der Waals surface area contributed by atoms with Crippen LogP contribution in [0.15, 0.2) is 76.6 Å². The van der Waals surface area contributed by atoms with Crippen LogP contribution in [0.3, 0.4) is 0 Å². The van der Waals surface area contributed by atoms with Gasteiger partial charge in [0.1, 0.15) is 5.82 Å². The molecule has 1 atom stereocenters. The number of rotatable bonds is 5. The third-order valence-corrected chi connectivity index (χ3v) is 6.68. The van der Waals surface area contributed by atoms with Crippen molar-refractivity contribution in [2.24, 2.45) is 0 Å². The second-order valence-corrected chi connectivity index (χ2v) is 9.09. The second kappa shape index (κ2) is 7.97. The maximum absolute atomic E-state index is 13.7. The molecule has 0 bridgehead atoms. The predicted octanol–water partition coefficient (Wildman–Crippen LogP) is 5.93. The van der Waals surface area contributed by atoms with Crippen LogP contribution < -0.4 is 4.90 Å². The Bertz CT molecular complexity index is 1400. The number of anilines is 1. The van der Waals surface area contributed by atoms with Crippen LogP contribution in [0.5, 0.6) is 0 Å². The van der Waals surface area contributed by atoms with Gasteiger partial charge in [-0.1, -0.05) is 49.4 Å². The highest BCUT2D eigenvalue weighted by atomic mass is 32.1. The summed E-state index contributed by atoms with van der Waals surface area (Å²) >= 11 is 1.11. The van der Waals surface area contributed by atoms with Crippen LogP contribution in [-0.2, 0) is 4.79 Å². The van der Waals surface area contributed by atoms with Crippen molar-refractivity contribution in [3.8, 4) is 0 Å². The molecule has 0 fully saturated rings. The number of furan rings is 1. The summed E-state index contributed by atoms with van der Waals surface area (Å²) in [7, 11) is 0. The molecule has 0 aliphatic carbocycles. The second-order valence-electron chi connectivity index (χ2n) is 8.08. The number of hydrogen-bond donors (Lipinski definition) is 1. The summed E-state index contributed by atoms with van der Waals surface area (Å²) in [6.07, 6.45) is 1.36. The van der Waals surface area contributed by atoms with Gasteiger partial charge in [0, 0.05) is 0 Å². The minimum absolute atomic E-state index is 0.0152. The van der Waals surface area contributed by atoms with Crippen molar-refractivity contribution >= 4 is 38.4 Å². The van der Waals surface area contributed by atoms with Crippen LogP contribution >= 0.6 is 11.3 Å². The summed E-state index contributed by atoms with van der Waals surface area (Å²) in [6, 6.07) is 13.8. The standard InChI is InChI=1S/C25H19FN2O4S/c1-13(2)14-5-7-15(8-6-14)21-20(22(29)18-4-3-11-32-18)23(30)24(31)28(21)25-27-17-10-9-16(26)12-19(17)33-25/h3-13,21,30H,1-2H3/t21-/m1/s1. The lowest BCUT2D eigenvalue weighted by Gasteiger charge is -2.24. The number of halogens is 1. The summed E-state index contributed by atoms with van der Waals surface area (Å²) in [6.45, 7) is 4.14. The fraction of sp³-hybridized carbons (Fsp3) is 0.160. The number of benzene rings is 2. The van der Waals surface area contributed by atoms with Crippen molar-refractivity contribution in [2.45, 2.75) is 25.8 Å². The van der Waals surface area contributed by atoms with Gasteiger partial charge in [-0.3, -0.25) is 14.5 Å². The zero-order chi connectivity index (χ0) is 23.3. The molecule has 0 spiro atoms. The first-order valence-electron chi connectivity index (χ1n) is 10.4. The molecule has 6 nitrogen and oxygen atoms in total. The molecule has 2 aromatic carbocycles. The fourth-order valence-corrected chi connectivity index (χ4v) is 4.96. The zero-order valence-corrected chi connectivity index (χ0v) is 18.6. The van der Waals surface area contributed by atoms with E-state index in [0.717, 1.165) is 16.9 Å². The number of carbonyl (C=O) groups excluding carboxylic acids is 2. The van der Waals surface area contributed by atoms with Crippen molar-refractivity contribution in [1.29, 1.82) is 0 Å². The fourth-order valence-electron chi connectivity index (χ4n) is 3.94. The minimum Gasteiger partial charge on any atom is -0.503 e. The maximum Gasteiger partial charge on any atom is 0.296 e. The molecule has 1 N–H and O–H groups in total. The van der Waals surface area contributed by atoms with Crippen LogP contribution in [0.1, 0.15) is 47.5 Å². The molecular weight excluding hydrogens is 443 g/mol. The number of nitrogens with zero attached hydrogens (tertiary/aromatic N) is 2. The van der Waals surface area contributed by atoms with Crippen molar-refractivity contribution in [2.75, 3.05) is 4.90 Å². The number of aromatic nitrogens is 1. The van der Waals surface area contributed by atoms with E-state index in [9.17, 15) is 19.1 Å². The van der Waals surface area contributed by atoms with E-state index in [4.69, 9.17) is 4.42 Å². The van der Waals surface area contributed by atoms with Gasteiger partial charge in [-0.15, -0.1) is 0 Å². The van der Waals surface area contributed by atoms with Crippen molar-refractivity contribution in [3.63, 3.8) is 0 Å². The van der Waals surface area contributed by atoms with Crippen molar-refractivity contribution in [3.05, 3.63) is 94.9 Å². The Morgan fingerprint density at radius 2 is 1.94 bits per heavy atom. The third kappa shape index (κ3) is 3.52. The van der Waals surface area contributed by atoms with E-state index in [0.29, 0.717) is 21.7 Å². The minimum atomic E-state index is -0.915. The number of fused-ring (bicyclic) bond motifs is 1. The summed E-state index contributed by atoms with van der Waals surface area (Å²) < 4.78 is 19.5. The summed E-state index contributed by atoms with van der Waals surface area (Å²) in [5.41, 5.74) is 2.16. The Morgan fingerprint density at radius 3 is 2.61 bits per heavy atom. The average Bonchev–Trinajstić information content (AvgIpc) is 3.52. The first-order chi connectivity index (χ1) is 15.8. The molecular formula is C25H19FN2O4S. The number of aliphatic hydroxyl groups is 1. The molecule has 0 saturated heterocycles. The van der Waals surface area contributed by atoms with Gasteiger partial charge in [0.2, 0.25) is 5.78 Å². The molecule has 2 aromatic heterocycles. The lowest BCUT2D eigenvalue weighted by molar-refractivity contribution is -0.117. The van der Waals surface area contributed by atoms with Gasteiger partial charge in [-0.2, -0.15) is 0 Å². The molecule has 1 aliphatic rings. The van der Waals surface area contributed by atoms with E-state index in [-0.39, 0.29) is 16.5 Å². The van der Waals surface area contributed by atoms with Gasteiger partial charge in [0.15, 0.2) is 16.7 Å². The van der Waals surface area contributed by atoms with E-state index in [1.807, 2.05) is 24.3 Å². The maximum atomic E-state index is 13.7. The number of amides is 1. The first kappa shape index (κ1) is 21.1. The Kier molecular flexibility index (Phi) is 5.09. The van der Waals surface area contributed by atoms with E-state index in [1.165, 1.54) is 35.4 Å². The molecule has 1 aliphatic heterocycles. The van der Waals surface area contributed by atoms with Gasteiger partial charge in [0.05, 0.1) is 28.1 Å². The summed E-state index contributed by atoms with van der Waals surface area (Å²) in [5.74, 6) is -2.09. The zero-order valence-electron chi connectivity index (χ0n) is 17.8. The number of aliphatic hydroxyl groups excluding tert-OH is 1. The number of ketones is 1. The Hall–Kier alpha value is -3.78. The highest BCUT2D eigenvalue weighted by Gasteiger charge is 2.46. The molecule has 0 saturated carbocycles. The molecule has 0 unspecified atom stereocenters. The van der Waals surface area contributed by atoms with Gasteiger partial charge in [0.25, 0.3) is 5.91 Å². The van der Waals surface area contributed by atoms with Crippen LogP contribution in [0, 0.1) is 5.82 Å². The number of hydrogen-bond acceptors (Lipinski definition) is 6. The highest BCUT2D eigenvalue weighted by molar-refractivity contribution is 7.22. The van der Waals surface area contributed by atoms with E-state index in [2.05, 4.69) is 18.8 Å². The normalized spacial score (nSPS) is 16.4. The number of carbonyl (C=O) groups is 2. The molecule has 33 heavy (non-hydrogen) atoms. The number of Topliss-reactive ketones (excluding diaryl/α,β-unsaturated/α-hetero) is 1. The number of thiazole rings is 1. The van der Waals surface area contributed by atoms with Gasteiger partial charge < -0.3 is 9.52 Å². The molecule has 166 valence electrons. The Balaban J connectivity index is 1.67. The third-order valence-electron chi connectivity index (χ3n) is 5.66. The lowest BCUT2D eigenvalue weighted by atomic mass is 9.93. The molecule has 3 heterocycles. The van der Waals surface area contributed by atoms with Crippen LogP contribution in [-0.4, -0.2) is 21.8 Å². The topological polar surface area (TPSA) is 83.6 Å². The lowest BCUT2D eigenvalue weighted by Crippen LogP contribution is -2.31. The van der Waals surface area contributed by atoms with Crippen molar-refractivity contribution < 1.29 is 23.5 Å². The van der Waals surface area contributed by atoms with Gasteiger partial charge >= 0.3 is 0 Å². The molecule has 8 heteroatoms.